The van der Waals surface area contributed by atoms with Crippen molar-refractivity contribution in [3.63, 3.8) is 0 Å². The van der Waals surface area contributed by atoms with Crippen LogP contribution in [0.15, 0.2) is 54.2 Å². The van der Waals surface area contributed by atoms with Gasteiger partial charge in [0.05, 0.1) is 17.5 Å². The molecule has 0 aliphatic carbocycles. The number of carbonyl (C=O) groups is 1. The van der Waals surface area contributed by atoms with E-state index in [1.807, 2.05) is 13.0 Å². The number of aromatic hydroxyl groups is 2. The second-order valence-corrected chi connectivity index (χ2v) is 9.52. The molecule has 1 aliphatic heterocycles. The van der Waals surface area contributed by atoms with Gasteiger partial charge in [0.2, 0.25) is 0 Å². The number of hydrogen-bond acceptors (Lipinski definition) is 7. The maximum absolute atomic E-state index is 12.8. The number of aliphatic hydroxyl groups excluding tert-OH is 1. The van der Waals surface area contributed by atoms with E-state index < -0.39 is 18.1 Å². The van der Waals surface area contributed by atoms with Crippen LogP contribution < -0.4 is 10.6 Å². The van der Waals surface area contributed by atoms with Crippen LogP contribution in [0.1, 0.15) is 45.6 Å². The molecule has 0 fully saturated rings. The van der Waals surface area contributed by atoms with Crippen molar-refractivity contribution in [2.45, 2.75) is 64.8 Å². The van der Waals surface area contributed by atoms with Crippen LogP contribution in [0.4, 0.5) is 11.4 Å². The van der Waals surface area contributed by atoms with E-state index in [1.54, 1.807) is 38.3 Å². The van der Waals surface area contributed by atoms with Gasteiger partial charge in [0.15, 0.2) is 0 Å². The first kappa shape index (κ1) is 30.2. The van der Waals surface area contributed by atoms with Crippen LogP contribution in [0.5, 0.6) is 11.5 Å². The Morgan fingerprint density at radius 1 is 1.24 bits per heavy atom. The monoisotopic (exact) mass is 514 g/mol. The number of phenolic OH excluding ortho intramolecular Hbond substituents is 2. The van der Waals surface area contributed by atoms with E-state index in [0.717, 1.165) is 18.4 Å². The number of nitrogens with one attached hydrogen (secondary N) is 2. The van der Waals surface area contributed by atoms with Crippen molar-refractivity contribution in [1.82, 2.24) is 0 Å². The van der Waals surface area contributed by atoms with Gasteiger partial charge < -0.3 is 35.4 Å². The molecule has 0 radical (unpaired) electrons. The summed E-state index contributed by atoms with van der Waals surface area (Å²) in [6, 6.07) is 1.33. The largest absolute Gasteiger partial charge is 0.506 e. The summed E-state index contributed by atoms with van der Waals surface area (Å²) >= 11 is 0. The molecule has 4 atom stereocenters. The molecule has 1 aromatic rings. The first-order chi connectivity index (χ1) is 17.6. The molecule has 2 bridgehead atoms. The zero-order valence-electron chi connectivity index (χ0n) is 22.6. The first-order valence-corrected chi connectivity index (χ1v) is 12.6. The maximum atomic E-state index is 12.8. The van der Waals surface area contributed by atoms with Gasteiger partial charge in [-0.05, 0) is 51.0 Å². The lowest BCUT2D eigenvalue weighted by Gasteiger charge is -2.22. The Labute approximate surface area is 220 Å². The minimum Gasteiger partial charge on any atom is -0.506 e. The van der Waals surface area contributed by atoms with Crippen LogP contribution in [0.25, 0.3) is 0 Å². The van der Waals surface area contributed by atoms with Crippen molar-refractivity contribution >= 4 is 17.3 Å². The topological polar surface area (TPSA) is 120 Å². The van der Waals surface area contributed by atoms with Crippen LogP contribution in [0, 0.1) is 5.92 Å². The Balaban J connectivity index is 2.51. The second kappa shape index (κ2) is 14.6. The smallest absolute Gasteiger partial charge is 0.251 e. The molecule has 37 heavy (non-hydrogen) atoms. The number of methoxy groups -OCH3 is 2. The molecule has 0 spiro atoms. The maximum Gasteiger partial charge on any atom is 0.251 e. The van der Waals surface area contributed by atoms with Crippen LogP contribution >= 0.6 is 0 Å². The van der Waals surface area contributed by atoms with E-state index in [9.17, 15) is 20.1 Å². The van der Waals surface area contributed by atoms with Gasteiger partial charge in [-0.2, -0.15) is 0 Å². The average Bonchev–Trinajstić information content (AvgIpc) is 2.86. The summed E-state index contributed by atoms with van der Waals surface area (Å²) in [7, 11) is 3.20. The number of amides is 1. The number of aliphatic hydroxyl groups is 1. The highest BCUT2D eigenvalue weighted by Gasteiger charge is 2.22. The van der Waals surface area contributed by atoms with Crippen molar-refractivity contribution in [3.8, 4) is 11.5 Å². The number of fused-ring (bicyclic) bond motifs is 2. The Morgan fingerprint density at radius 3 is 2.62 bits per heavy atom. The summed E-state index contributed by atoms with van der Waals surface area (Å²) < 4.78 is 11.2. The fraction of sp³-hybridized carbons (Fsp3) is 0.483. The Morgan fingerprint density at radius 2 is 1.97 bits per heavy atom. The second-order valence-electron chi connectivity index (χ2n) is 9.52. The third-order valence-electron chi connectivity index (χ3n) is 6.57. The number of benzene rings is 1. The van der Waals surface area contributed by atoms with Gasteiger partial charge in [0.25, 0.3) is 5.91 Å². The molecule has 8 nitrogen and oxygen atoms in total. The highest BCUT2D eigenvalue weighted by atomic mass is 16.5. The number of anilines is 2. The molecule has 204 valence electrons. The summed E-state index contributed by atoms with van der Waals surface area (Å²) in [6.07, 6.45) is 9.79. The molecule has 0 saturated heterocycles. The molecular weight excluding hydrogens is 472 g/mol. The molecule has 1 aromatic carbocycles. The fourth-order valence-corrected chi connectivity index (χ4v) is 4.47. The quantitative estimate of drug-likeness (QED) is 0.217. The van der Waals surface area contributed by atoms with Gasteiger partial charge in [-0.25, -0.2) is 0 Å². The van der Waals surface area contributed by atoms with Gasteiger partial charge in [0, 0.05) is 38.0 Å². The van der Waals surface area contributed by atoms with Gasteiger partial charge in [0.1, 0.15) is 23.7 Å². The number of ether oxygens (including phenoxy) is 2. The average molecular weight is 515 g/mol. The fourth-order valence-electron chi connectivity index (χ4n) is 4.47. The summed E-state index contributed by atoms with van der Waals surface area (Å²) in [5.74, 6) is -0.458. The highest BCUT2D eigenvalue weighted by molar-refractivity contribution is 6.04. The Hall–Kier alpha value is -3.07. The zero-order chi connectivity index (χ0) is 27.5. The van der Waals surface area contributed by atoms with Crippen molar-refractivity contribution in [2.75, 3.05) is 31.4 Å². The molecule has 1 aliphatic rings. The van der Waals surface area contributed by atoms with Gasteiger partial charge in [-0.15, -0.1) is 6.58 Å². The van der Waals surface area contributed by atoms with E-state index >= 15 is 0 Å². The summed E-state index contributed by atoms with van der Waals surface area (Å²) in [5, 5.41) is 38.4. The van der Waals surface area contributed by atoms with Crippen LogP contribution in [-0.2, 0) is 20.7 Å². The van der Waals surface area contributed by atoms with E-state index in [1.165, 1.54) is 13.2 Å². The predicted molar refractivity (Wildman–Crippen MR) is 148 cm³/mol. The van der Waals surface area contributed by atoms with E-state index in [2.05, 4.69) is 24.1 Å². The highest BCUT2D eigenvalue weighted by Crippen LogP contribution is 2.41. The van der Waals surface area contributed by atoms with Crippen molar-refractivity contribution < 1.29 is 29.6 Å². The number of allylic oxidation sites excluding steroid dienone is 3. The van der Waals surface area contributed by atoms with E-state index in [-0.39, 0.29) is 29.2 Å². The number of rotatable bonds is 5. The number of carbonyl (C=O) groups excluding carboxylic acids is 1. The van der Waals surface area contributed by atoms with Crippen molar-refractivity contribution in [3.05, 3.63) is 59.7 Å². The molecule has 8 heteroatoms. The van der Waals surface area contributed by atoms with Crippen LogP contribution in [0.2, 0.25) is 0 Å². The molecule has 0 aromatic heterocycles. The molecule has 2 rings (SSSR count). The first-order valence-electron chi connectivity index (χ1n) is 12.6. The van der Waals surface area contributed by atoms with Crippen molar-refractivity contribution in [2.24, 2.45) is 5.92 Å². The minimum atomic E-state index is -0.836. The minimum absolute atomic E-state index is 0.0357. The summed E-state index contributed by atoms with van der Waals surface area (Å²) in [4.78, 5) is 12.8. The van der Waals surface area contributed by atoms with Crippen LogP contribution in [-0.4, -0.2) is 60.3 Å². The third kappa shape index (κ3) is 8.49. The van der Waals surface area contributed by atoms with Crippen LogP contribution in [0.3, 0.4) is 0 Å². The van der Waals surface area contributed by atoms with Gasteiger partial charge >= 0.3 is 0 Å². The number of phenols is 2. The Bertz CT molecular complexity index is 1030. The molecular formula is C29H42N2O6. The molecule has 1 heterocycles. The summed E-state index contributed by atoms with van der Waals surface area (Å²) in [5.41, 5.74) is 2.22. The zero-order valence-corrected chi connectivity index (χ0v) is 22.6. The standard InChI is InChI=1S/C29H42N2O6/c1-7-14-30-26-22-12-9-11-21(36-5)16-18(2)15-20(4)27(33)25(37-6)13-8-10-19(3)29(35)31-23(28(22)34)17-24(26)32/h7-8,10,13,15,17-18,21,25,27,30,32-34H,1,9,11-12,14,16H2,2-6H3,(H,31,35). The lowest BCUT2D eigenvalue weighted by Crippen LogP contribution is -2.27. The molecule has 0 saturated carbocycles. The lowest BCUT2D eigenvalue weighted by atomic mass is 9.94. The SMILES string of the molecule is C=CCNc1c(O)cc2c(O)c1CCCC(OC)CC(C)C=C(C)C(O)C(OC)C=CC=C(C)C(=O)N2. The molecule has 5 N–H and O–H groups in total. The van der Waals surface area contributed by atoms with Crippen molar-refractivity contribution in [1.29, 1.82) is 0 Å². The van der Waals surface area contributed by atoms with Gasteiger partial charge in [-0.1, -0.05) is 37.3 Å². The number of hydrogen-bond donors (Lipinski definition) is 5. The van der Waals surface area contributed by atoms with Gasteiger partial charge in [-0.3, -0.25) is 4.79 Å². The summed E-state index contributed by atoms with van der Waals surface area (Å²) in [6.45, 7) is 9.69. The van der Waals surface area contributed by atoms with E-state index in [4.69, 9.17) is 9.47 Å². The lowest BCUT2D eigenvalue weighted by molar-refractivity contribution is -0.112. The molecule has 4 unspecified atom stereocenters. The molecule has 1 amide bonds. The predicted octanol–water partition coefficient (Wildman–Crippen LogP) is 4.84. The third-order valence-corrected chi connectivity index (χ3v) is 6.57. The Kier molecular flexibility index (Phi) is 11.9. The normalized spacial score (nSPS) is 24.1. The van der Waals surface area contributed by atoms with E-state index in [0.29, 0.717) is 36.2 Å².